The average Bonchev–Trinajstić information content (AvgIpc) is 2.80. The molecule has 0 radical (unpaired) electrons. The van der Waals surface area contributed by atoms with Crippen molar-refractivity contribution >= 4 is 27.6 Å². The number of sulfonamides is 1. The summed E-state index contributed by atoms with van der Waals surface area (Å²) in [6.45, 7) is -0.413. The van der Waals surface area contributed by atoms with E-state index in [1.165, 1.54) is 35.7 Å². The topological polar surface area (TPSA) is 83.9 Å². The molecule has 3 aromatic carbocycles. The molecule has 162 valence electrons. The summed E-state index contributed by atoms with van der Waals surface area (Å²) in [6, 6.07) is 20.5. The van der Waals surface area contributed by atoms with Gasteiger partial charge in [-0.15, -0.1) is 0 Å². The lowest BCUT2D eigenvalue weighted by Gasteiger charge is -2.30. The van der Waals surface area contributed by atoms with Gasteiger partial charge in [-0.05, 0) is 47.5 Å². The molecule has 0 saturated carbocycles. The lowest BCUT2D eigenvalue weighted by molar-refractivity contribution is 0.0600. The number of benzene rings is 3. The predicted molar refractivity (Wildman–Crippen MR) is 118 cm³/mol. The monoisotopic (exact) mass is 459 g/mol. The first-order valence-corrected chi connectivity index (χ1v) is 11.3. The molecule has 31 heavy (non-hydrogen) atoms. The Kier molecular flexibility index (Phi) is 7.46. The quantitative estimate of drug-likeness (QED) is 0.514. The lowest BCUT2D eigenvalue weighted by Crippen LogP contribution is -2.36. The van der Waals surface area contributed by atoms with Gasteiger partial charge in [-0.1, -0.05) is 54.1 Å². The van der Waals surface area contributed by atoms with Crippen molar-refractivity contribution in [3.05, 3.63) is 101 Å². The molecule has 0 aromatic heterocycles. The van der Waals surface area contributed by atoms with Gasteiger partial charge in [0.25, 0.3) is 0 Å². The Balaban J connectivity index is 2.03. The molecule has 0 aliphatic rings. The molecule has 1 atom stereocenters. The molecule has 0 unspecified atom stereocenters. The molecule has 1 N–H and O–H groups in total. The molecule has 0 saturated heterocycles. The number of carbonyl (C=O) groups is 1. The zero-order chi connectivity index (χ0) is 22.4. The molecule has 0 amide bonds. The minimum Gasteiger partial charge on any atom is -0.465 e. The maximum Gasteiger partial charge on any atom is 0.337 e. The largest absolute Gasteiger partial charge is 0.465 e. The van der Waals surface area contributed by atoms with Crippen LogP contribution in [0.2, 0.25) is 5.02 Å². The second kappa shape index (κ2) is 10.1. The molecule has 3 aromatic rings. The smallest absolute Gasteiger partial charge is 0.337 e. The number of rotatable bonds is 8. The number of aliphatic hydroxyl groups excluding tert-OH is 1. The van der Waals surface area contributed by atoms with Gasteiger partial charge in [-0.25, -0.2) is 13.2 Å². The summed E-state index contributed by atoms with van der Waals surface area (Å²) in [6.07, 6.45) is 0. The lowest BCUT2D eigenvalue weighted by atomic mass is 10.1. The molecule has 0 fully saturated rings. The van der Waals surface area contributed by atoms with Gasteiger partial charge < -0.3 is 9.84 Å². The van der Waals surface area contributed by atoms with E-state index in [0.29, 0.717) is 21.7 Å². The van der Waals surface area contributed by atoms with Crippen molar-refractivity contribution in [2.75, 3.05) is 13.7 Å². The fraction of sp³-hybridized carbons (Fsp3) is 0.174. The Morgan fingerprint density at radius 3 is 2.16 bits per heavy atom. The van der Waals surface area contributed by atoms with Gasteiger partial charge in [-0.2, -0.15) is 4.31 Å². The Hall–Kier alpha value is -2.71. The summed E-state index contributed by atoms with van der Waals surface area (Å²) < 4.78 is 33.0. The molecule has 0 bridgehead atoms. The second-order valence-electron chi connectivity index (χ2n) is 6.80. The zero-order valence-corrected chi connectivity index (χ0v) is 18.4. The van der Waals surface area contributed by atoms with Crippen LogP contribution in [0.4, 0.5) is 0 Å². The third kappa shape index (κ3) is 5.32. The van der Waals surface area contributed by atoms with E-state index in [1.54, 1.807) is 48.5 Å². The summed E-state index contributed by atoms with van der Waals surface area (Å²) in [5.41, 5.74) is 1.67. The number of nitrogens with zero attached hydrogens (tertiary/aromatic N) is 1. The van der Waals surface area contributed by atoms with E-state index >= 15 is 0 Å². The van der Waals surface area contributed by atoms with Crippen LogP contribution >= 0.6 is 11.6 Å². The first kappa shape index (κ1) is 23.0. The first-order chi connectivity index (χ1) is 14.9. The van der Waals surface area contributed by atoms with Crippen molar-refractivity contribution in [1.29, 1.82) is 0 Å². The van der Waals surface area contributed by atoms with Crippen LogP contribution in [0.5, 0.6) is 0 Å². The molecule has 0 spiro atoms. The fourth-order valence-electron chi connectivity index (χ4n) is 3.19. The van der Waals surface area contributed by atoms with Crippen LogP contribution in [-0.2, 0) is 21.3 Å². The Labute approximate surface area is 186 Å². The molecule has 6 nitrogen and oxygen atoms in total. The number of carbonyl (C=O) groups excluding carboxylic acids is 1. The second-order valence-corrected chi connectivity index (χ2v) is 9.13. The molecule has 0 aliphatic heterocycles. The highest BCUT2D eigenvalue weighted by molar-refractivity contribution is 7.89. The third-order valence-electron chi connectivity index (χ3n) is 4.84. The van der Waals surface area contributed by atoms with Gasteiger partial charge in [0.05, 0.1) is 30.2 Å². The number of halogens is 1. The maximum atomic E-state index is 13.5. The van der Waals surface area contributed by atoms with Crippen LogP contribution in [0.25, 0.3) is 0 Å². The van der Waals surface area contributed by atoms with Crippen molar-refractivity contribution < 1.29 is 23.1 Å². The minimum absolute atomic E-state index is 0.00741. The van der Waals surface area contributed by atoms with Crippen LogP contribution < -0.4 is 0 Å². The van der Waals surface area contributed by atoms with Crippen LogP contribution in [0.15, 0.2) is 83.8 Å². The molecular weight excluding hydrogens is 438 g/mol. The van der Waals surface area contributed by atoms with Crippen molar-refractivity contribution in [2.45, 2.75) is 17.5 Å². The number of hydrogen-bond acceptors (Lipinski definition) is 5. The van der Waals surface area contributed by atoms with Gasteiger partial charge in [0, 0.05) is 11.6 Å². The standard InChI is InChI=1S/C23H22ClNO5S/c1-30-23(27)19-9-7-17(8-10-19)15-25(22(16-26)18-5-3-2-4-6-18)31(28,29)21-13-11-20(24)12-14-21/h2-14,22,26H,15-16H2,1H3/t22-/m1/s1. The molecule has 0 heterocycles. The van der Waals surface area contributed by atoms with Gasteiger partial charge >= 0.3 is 5.97 Å². The van der Waals surface area contributed by atoms with Gasteiger partial charge in [0.2, 0.25) is 10.0 Å². The number of esters is 1. The van der Waals surface area contributed by atoms with Crippen molar-refractivity contribution in [2.24, 2.45) is 0 Å². The average molecular weight is 460 g/mol. The summed E-state index contributed by atoms with van der Waals surface area (Å²) in [4.78, 5) is 11.8. The normalized spacial score (nSPS) is 12.5. The molecule has 3 rings (SSSR count). The van der Waals surface area contributed by atoms with Crippen LogP contribution in [0.1, 0.15) is 27.5 Å². The number of hydrogen-bond donors (Lipinski definition) is 1. The Bertz CT molecular complexity index is 1120. The third-order valence-corrected chi connectivity index (χ3v) is 6.96. The van der Waals surface area contributed by atoms with E-state index < -0.39 is 28.6 Å². The summed E-state index contributed by atoms with van der Waals surface area (Å²) in [5, 5.41) is 10.6. The summed E-state index contributed by atoms with van der Waals surface area (Å²) >= 11 is 5.92. The highest BCUT2D eigenvalue weighted by Gasteiger charge is 2.32. The summed E-state index contributed by atoms with van der Waals surface area (Å²) in [5.74, 6) is -0.477. The highest BCUT2D eigenvalue weighted by atomic mass is 35.5. The van der Waals surface area contributed by atoms with Crippen molar-refractivity contribution in [1.82, 2.24) is 4.31 Å². The number of aliphatic hydroxyl groups is 1. The SMILES string of the molecule is COC(=O)c1ccc(CN([C@H](CO)c2ccccc2)S(=O)(=O)c2ccc(Cl)cc2)cc1. The zero-order valence-electron chi connectivity index (χ0n) is 16.8. The van der Waals surface area contributed by atoms with Gasteiger partial charge in [0.1, 0.15) is 0 Å². The van der Waals surface area contributed by atoms with E-state index in [1.807, 2.05) is 6.07 Å². The highest BCUT2D eigenvalue weighted by Crippen LogP contribution is 2.30. The van der Waals surface area contributed by atoms with Crippen molar-refractivity contribution in [3.8, 4) is 0 Å². The van der Waals surface area contributed by atoms with E-state index in [2.05, 4.69) is 0 Å². The van der Waals surface area contributed by atoms with Gasteiger partial charge in [0.15, 0.2) is 0 Å². The fourth-order valence-corrected chi connectivity index (χ4v) is 4.91. The number of methoxy groups -OCH3 is 1. The Morgan fingerprint density at radius 1 is 1.00 bits per heavy atom. The molecule has 0 aliphatic carbocycles. The van der Waals surface area contributed by atoms with E-state index in [0.717, 1.165) is 0 Å². The van der Waals surface area contributed by atoms with Crippen LogP contribution in [-0.4, -0.2) is 37.5 Å². The number of ether oxygens (including phenoxy) is 1. The van der Waals surface area contributed by atoms with Crippen LogP contribution in [0, 0.1) is 0 Å². The minimum atomic E-state index is -3.98. The van der Waals surface area contributed by atoms with E-state index in [9.17, 15) is 18.3 Å². The maximum absolute atomic E-state index is 13.5. The Morgan fingerprint density at radius 2 is 1.61 bits per heavy atom. The van der Waals surface area contributed by atoms with Gasteiger partial charge in [-0.3, -0.25) is 0 Å². The predicted octanol–water partition coefficient (Wildman–Crippen LogP) is 4.05. The van der Waals surface area contributed by atoms with Crippen molar-refractivity contribution in [3.63, 3.8) is 0 Å². The molecule has 8 heteroatoms. The summed E-state index contributed by atoms with van der Waals surface area (Å²) in [7, 11) is -2.69. The van der Waals surface area contributed by atoms with Crippen LogP contribution in [0.3, 0.4) is 0 Å². The molecular formula is C23H22ClNO5S. The van der Waals surface area contributed by atoms with E-state index in [-0.39, 0.29) is 11.4 Å². The first-order valence-electron chi connectivity index (χ1n) is 9.47. The van der Waals surface area contributed by atoms with E-state index in [4.69, 9.17) is 16.3 Å².